The average Bonchev–Trinajstić information content (AvgIpc) is 2.72. The largest absolute Gasteiger partial charge is 0.326 e. The average molecular weight is 417 g/mol. The normalized spacial score (nSPS) is 10.9. The van der Waals surface area contributed by atoms with Crippen molar-refractivity contribution in [2.75, 3.05) is 10.6 Å². The molecule has 4 nitrogen and oxygen atoms in total. The molecule has 0 atom stereocenters. The zero-order chi connectivity index (χ0) is 22.5. The number of hydrogen-bond donors (Lipinski definition) is 2. The molecule has 0 aliphatic rings. The van der Waals surface area contributed by atoms with Crippen molar-refractivity contribution >= 4 is 23.2 Å². The maximum Gasteiger partial charge on any atom is 0.224 e. The number of amides is 2. The summed E-state index contributed by atoms with van der Waals surface area (Å²) >= 11 is 0. The van der Waals surface area contributed by atoms with Crippen molar-refractivity contribution in [1.82, 2.24) is 0 Å². The highest BCUT2D eigenvalue weighted by Gasteiger charge is 2.18. The molecule has 0 radical (unpaired) electrons. The van der Waals surface area contributed by atoms with Gasteiger partial charge in [-0.3, -0.25) is 9.59 Å². The van der Waals surface area contributed by atoms with Crippen LogP contribution < -0.4 is 10.6 Å². The monoisotopic (exact) mass is 416 g/mol. The highest BCUT2D eigenvalue weighted by Crippen LogP contribution is 2.34. The minimum Gasteiger partial charge on any atom is -0.326 e. The molecular formula is C26H44N2O2. The van der Waals surface area contributed by atoms with Crippen LogP contribution in [0.2, 0.25) is 0 Å². The summed E-state index contributed by atoms with van der Waals surface area (Å²) in [5, 5.41) is 6.27. The minimum atomic E-state index is 0.0837. The molecule has 0 aromatic heterocycles. The molecule has 1 aromatic carbocycles. The lowest BCUT2D eigenvalue weighted by Crippen LogP contribution is -2.17. The predicted molar refractivity (Wildman–Crippen MR) is 129 cm³/mol. The van der Waals surface area contributed by atoms with E-state index in [-0.39, 0.29) is 11.8 Å². The summed E-state index contributed by atoms with van der Waals surface area (Å²) in [5.41, 5.74) is 5.96. The predicted octanol–water partition coefficient (Wildman–Crippen LogP) is 7.52. The Hall–Kier alpha value is -1.84. The Balaban J connectivity index is 2.74. The van der Waals surface area contributed by atoms with Gasteiger partial charge in [0.25, 0.3) is 0 Å². The summed E-state index contributed by atoms with van der Waals surface area (Å²) in [6.45, 7) is 12.5. The fourth-order valence-electron chi connectivity index (χ4n) is 3.87. The van der Waals surface area contributed by atoms with Gasteiger partial charge in [0.15, 0.2) is 0 Å². The van der Waals surface area contributed by atoms with Gasteiger partial charge in [-0.2, -0.15) is 0 Å². The standard InChI is InChI=1S/C26H44N2O2/c1-7-9-11-13-15-17-23(29)27-25-19(3)21(5)26(22(6)20(25)4)28-24(30)18-16-14-12-10-8-2/h7-18H2,1-6H3,(H,27,29)(H,28,30). The van der Waals surface area contributed by atoms with Gasteiger partial charge in [-0.1, -0.05) is 65.2 Å². The summed E-state index contributed by atoms with van der Waals surface area (Å²) in [5.74, 6) is 0.167. The van der Waals surface area contributed by atoms with Crippen LogP contribution in [0.3, 0.4) is 0 Å². The topological polar surface area (TPSA) is 58.2 Å². The van der Waals surface area contributed by atoms with Crippen LogP contribution in [0.4, 0.5) is 11.4 Å². The Kier molecular flexibility index (Phi) is 12.4. The molecule has 1 aromatic rings. The molecule has 0 bridgehead atoms. The van der Waals surface area contributed by atoms with Crippen molar-refractivity contribution < 1.29 is 9.59 Å². The molecule has 0 saturated heterocycles. The van der Waals surface area contributed by atoms with E-state index in [1.165, 1.54) is 38.5 Å². The number of carbonyl (C=O) groups is 2. The number of carbonyl (C=O) groups excluding carboxylic acids is 2. The van der Waals surface area contributed by atoms with Gasteiger partial charge in [0.05, 0.1) is 0 Å². The lowest BCUT2D eigenvalue weighted by molar-refractivity contribution is -0.117. The maximum absolute atomic E-state index is 12.4. The summed E-state index contributed by atoms with van der Waals surface area (Å²) in [6, 6.07) is 0. The third-order valence-corrected chi connectivity index (χ3v) is 6.17. The Labute approximate surface area is 184 Å². The zero-order valence-electron chi connectivity index (χ0n) is 20.3. The van der Waals surface area contributed by atoms with E-state index in [1.54, 1.807) is 0 Å². The van der Waals surface area contributed by atoms with Crippen LogP contribution in [-0.4, -0.2) is 11.8 Å². The molecule has 0 heterocycles. The molecule has 0 unspecified atom stereocenters. The van der Waals surface area contributed by atoms with E-state index in [2.05, 4.69) is 24.5 Å². The van der Waals surface area contributed by atoms with Crippen molar-refractivity contribution in [1.29, 1.82) is 0 Å². The third kappa shape index (κ3) is 8.49. The number of unbranched alkanes of at least 4 members (excludes halogenated alkanes) is 8. The van der Waals surface area contributed by atoms with Gasteiger partial charge < -0.3 is 10.6 Å². The summed E-state index contributed by atoms with van der Waals surface area (Å²) in [6.07, 6.45) is 12.5. The van der Waals surface area contributed by atoms with Gasteiger partial charge in [-0.05, 0) is 62.8 Å². The third-order valence-electron chi connectivity index (χ3n) is 6.17. The Morgan fingerprint density at radius 1 is 0.533 bits per heavy atom. The molecule has 0 aliphatic carbocycles. The van der Waals surface area contributed by atoms with Crippen LogP contribution in [0.1, 0.15) is 113 Å². The van der Waals surface area contributed by atoms with Crippen molar-refractivity contribution in [3.8, 4) is 0 Å². The molecule has 0 aliphatic heterocycles. The quantitative estimate of drug-likeness (QED) is 0.308. The van der Waals surface area contributed by atoms with E-state index < -0.39 is 0 Å². The highest BCUT2D eigenvalue weighted by atomic mass is 16.2. The van der Waals surface area contributed by atoms with Gasteiger partial charge in [0.2, 0.25) is 11.8 Å². The SMILES string of the molecule is CCCCCCCC(=O)Nc1c(C)c(C)c(NC(=O)CCCCCCC)c(C)c1C. The molecular weight excluding hydrogens is 372 g/mol. The van der Waals surface area contributed by atoms with E-state index in [0.717, 1.165) is 59.3 Å². The molecule has 30 heavy (non-hydrogen) atoms. The van der Waals surface area contributed by atoms with Gasteiger partial charge >= 0.3 is 0 Å². The fraction of sp³-hybridized carbons (Fsp3) is 0.692. The van der Waals surface area contributed by atoms with Crippen molar-refractivity contribution in [2.45, 2.75) is 119 Å². The van der Waals surface area contributed by atoms with Crippen LogP contribution in [0, 0.1) is 27.7 Å². The van der Waals surface area contributed by atoms with Gasteiger partial charge in [0.1, 0.15) is 0 Å². The fourth-order valence-corrected chi connectivity index (χ4v) is 3.87. The van der Waals surface area contributed by atoms with Crippen LogP contribution in [0.25, 0.3) is 0 Å². The number of nitrogens with one attached hydrogen (secondary N) is 2. The molecule has 2 N–H and O–H groups in total. The molecule has 170 valence electrons. The number of rotatable bonds is 14. The first-order valence-corrected chi connectivity index (χ1v) is 12.0. The van der Waals surface area contributed by atoms with E-state index in [0.29, 0.717) is 12.8 Å². The Morgan fingerprint density at radius 2 is 0.833 bits per heavy atom. The van der Waals surface area contributed by atoms with E-state index in [4.69, 9.17) is 0 Å². The van der Waals surface area contributed by atoms with Crippen LogP contribution in [-0.2, 0) is 9.59 Å². The molecule has 0 spiro atoms. The number of hydrogen-bond acceptors (Lipinski definition) is 2. The molecule has 2 amide bonds. The van der Waals surface area contributed by atoms with E-state index in [1.807, 2.05) is 27.7 Å². The number of anilines is 2. The second-order valence-corrected chi connectivity index (χ2v) is 8.67. The lowest BCUT2D eigenvalue weighted by Gasteiger charge is -2.21. The Morgan fingerprint density at radius 3 is 1.13 bits per heavy atom. The smallest absolute Gasteiger partial charge is 0.224 e. The van der Waals surface area contributed by atoms with Gasteiger partial charge in [-0.25, -0.2) is 0 Å². The van der Waals surface area contributed by atoms with Crippen molar-refractivity contribution in [2.24, 2.45) is 0 Å². The Bertz CT molecular complexity index is 607. The molecule has 4 heteroatoms. The first kappa shape index (κ1) is 26.2. The second kappa shape index (κ2) is 14.2. The van der Waals surface area contributed by atoms with Crippen LogP contribution in [0.15, 0.2) is 0 Å². The van der Waals surface area contributed by atoms with Gasteiger partial charge in [0, 0.05) is 24.2 Å². The summed E-state index contributed by atoms with van der Waals surface area (Å²) in [4.78, 5) is 24.9. The highest BCUT2D eigenvalue weighted by molar-refractivity contribution is 5.96. The van der Waals surface area contributed by atoms with Crippen LogP contribution >= 0.6 is 0 Å². The maximum atomic E-state index is 12.4. The first-order valence-electron chi connectivity index (χ1n) is 12.0. The van der Waals surface area contributed by atoms with Crippen LogP contribution in [0.5, 0.6) is 0 Å². The number of benzene rings is 1. The summed E-state index contributed by atoms with van der Waals surface area (Å²) < 4.78 is 0. The lowest BCUT2D eigenvalue weighted by atomic mass is 9.95. The van der Waals surface area contributed by atoms with Crippen molar-refractivity contribution in [3.63, 3.8) is 0 Å². The minimum absolute atomic E-state index is 0.0837. The molecule has 0 saturated carbocycles. The van der Waals surface area contributed by atoms with E-state index >= 15 is 0 Å². The van der Waals surface area contributed by atoms with E-state index in [9.17, 15) is 9.59 Å². The first-order chi connectivity index (χ1) is 14.3. The second-order valence-electron chi connectivity index (χ2n) is 8.67. The van der Waals surface area contributed by atoms with Crippen molar-refractivity contribution in [3.05, 3.63) is 22.3 Å². The summed E-state index contributed by atoms with van der Waals surface area (Å²) in [7, 11) is 0. The molecule has 1 rings (SSSR count). The molecule has 0 fully saturated rings. The zero-order valence-corrected chi connectivity index (χ0v) is 20.3. The van der Waals surface area contributed by atoms with Gasteiger partial charge in [-0.15, -0.1) is 0 Å².